The van der Waals surface area contributed by atoms with E-state index in [2.05, 4.69) is 16.0 Å². The Morgan fingerprint density at radius 2 is 1.79 bits per heavy atom. The quantitative estimate of drug-likeness (QED) is 0.472. The number of benzene rings is 2. The molecule has 9 nitrogen and oxygen atoms in total. The Labute approximate surface area is 192 Å². The smallest absolute Gasteiger partial charge is 0.326 e. The van der Waals surface area contributed by atoms with E-state index >= 15 is 0 Å². The number of carbonyl (C=O) groups excluding carboxylic acids is 3. The number of nitrogens with one attached hydrogen (secondary N) is 3. The fraction of sp³-hybridized carbons (Fsp3) is 0.333. The van der Waals surface area contributed by atoms with E-state index in [1.165, 1.54) is 4.90 Å². The molecule has 0 unspecified atom stereocenters. The van der Waals surface area contributed by atoms with Gasteiger partial charge < -0.3 is 21.1 Å². The molecule has 0 radical (unpaired) electrons. The summed E-state index contributed by atoms with van der Waals surface area (Å²) in [5, 5.41) is 17.6. The second-order valence-electron chi connectivity index (χ2n) is 7.84. The molecule has 0 aliphatic carbocycles. The lowest BCUT2D eigenvalue weighted by Crippen LogP contribution is -2.53. The van der Waals surface area contributed by atoms with Crippen LogP contribution >= 0.6 is 0 Å². The van der Waals surface area contributed by atoms with E-state index in [4.69, 9.17) is 0 Å². The number of aryl methyl sites for hydroxylation is 1. The maximum Gasteiger partial charge on any atom is 0.326 e. The van der Waals surface area contributed by atoms with Crippen LogP contribution in [-0.4, -0.2) is 54.0 Å². The number of aliphatic carboxylic acids is 1. The van der Waals surface area contributed by atoms with Crippen molar-refractivity contribution < 1.29 is 24.3 Å². The van der Waals surface area contributed by atoms with Crippen LogP contribution in [0, 0.1) is 0 Å². The van der Waals surface area contributed by atoms with E-state index in [0.717, 1.165) is 5.56 Å². The summed E-state index contributed by atoms with van der Waals surface area (Å²) >= 11 is 0. The van der Waals surface area contributed by atoms with Crippen molar-refractivity contribution in [3.8, 4) is 0 Å². The van der Waals surface area contributed by atoms with Crippen LogP contribution in [0.3, 0.4) is 0 Å². The highest BCUT2D eigenvalue weighted by atomic mass is 16.4. The summed E-state index contributed by atoms with van der Waals surface area (Å²) in [5.74, 6) is -3.25. The molecule has 1 heterocycles. The van der Waals surface area contributed by atoms with Gasteiger partial charge in [0, 0.05) is 19.5 Å². The highest BCUT2D eigenvalue weighted by Gasteiger charge is 2.32. The molecule has 0 fully saturated rings. The average molecular weight is 453 g/mol. The van der Waals surface area contributed by atoms with Crippen molar-refractivity contribution in [3.63, 3.8) is 0 Å². The lowest BCUT2D eigenvalue weighted by molar-refractivity contribution is -0.144. The second-order valence-corrected chi connectivity index (χ2v) is 7.84. The number of hydrogen-bond acceptors (Lipinski definition) is 5. The third-order valence-electron chi connectivity index (χ3n) is 5.44. The van der Waals surface area contributed by atoms with Gasteiger partial charge in [-0.25, -0.2) is 4.79 Å². The van der Waals surface area contributed by atoms with E-state index in [9.17, 15) is 24.3 Å². The topological polar surface area (TPSA) is 128 Å². The van der Waals surface area contributed by atoms with Gasteiger partial charge in [0.05, 0.1) is 17.4 Å². The SMILES string of the molecule is CC[C@H](NC(=O)C(=O)N1C[C@@H](NC(=O)CCc2ccccc2)CNc2ccccc21)C(=O)O. The minimum atomic E-state index is -1.21. The Balaban J connectivity index is 1.71. The molecule has 0 spiro atoms. The Bertz CT molecular complexity index is 1010. The van der Waals surface area contributed by atoms with Gasteiger partial charge in [-0.15, -0.1) is 0 Å². The number of carbonyl (C=O) groups is 4. The van der Waals surface area contributed by atoms with Gasteiger partial charge in [0.1, 0.15) is 6.04 Å². The van der Waals surface area contributed by atoms with Crippen LogP contribution in [0.5, 0.6) is 0 Å². The first-order valence-corrected chi connectivity index (χ1v) is 10.9. The van der Waals surface area contributed by atoms with Crippen LogP contribution in [0.4, 0.5) is 11.4 Å². The molecule has 33 heavy (non-hydrogen) atoms. The van der Waals surface area contributed by atoms with Crippen molar-refractivity contribution in [1.29, 1.82) is 0 Å². The van der Waals surface area contributed by atoms with Crippen molar-refractivity contribution in [1.82, 2.24) is 10.6 Å². The molecule has 1 aliphatic heterocycles. The molecule has 2 atom stereocenters. The van der Waals surface area contributed by atoms with Gasteiger partial charge >= 0.3 is 17.8 Å². The maximum atomic E-state index is 13.0. The predicted molar refractivity (Wildman–Crippen MR) is 124 cm³/mol. The van der Waals surface area contributed by atoms with Crippen LogP contribution in [-0.2, 0) is 25.6 Å². The zero-order chi connectivity index (χ0) is 23.8. The molecule has 3 amide bonds. The third-order valence-corrected chi connectivity index (χ3v) is 5.44. The van der Waals surface area contributed by atoms with Gasteiger partial charge in [-0.05, 0) is 30.5 Å². The molecule has 0 aromatic heterocycles. The van der Waals surface area contributed by atoms with E-state index in [-0.39, 0.29) is 18.9 Å². The first-order valence-electron chi connectivity index (χ1n) is 10.9. The largest absolute Gasteiger partial charge is 0.480 e. The summed E-state index contributed by atoms with van der Waals surface area (Å²) in [4.78, 5) is 50.7. The Morgan fingerprint density at radius 1 is 1.09 bits per heavy atom. The van der Waals surface area contributed by atoms with Gasteiger partial charge in [0.15, 0.2) is 0 Å². The molecule has 2 aromatic carbocycles. The molecule has 0 saturated carbocycles. The summed E-state index contributed by atoms with van der Waals surface area (Å²) < 4.78 is 0. The highest BCUT2D eigenvalue weighted by Crippen LogP contribution is 2.28. The molecular formula is C24H28N4O5. The predicted octanol–water partition coefficient (Wildman–Crippen LogP) is 1.54. The molecule has 3 rings (SSSR count). The van der Waals surface area contributed by atoms with Gasteiger partial charge in [-0.2, -0.15) is 0 Å². The molecule has 0 bridgehead atoms. The number of carboxylic acid groups (broad SMARTS) is 1. The van der Waals surface area contributed by atoms with Crippen LogP contribution in [0.25, 0.3) is 0 Å². The fourth-order valence-electron chi connectivity index (χ4n) is 3.65. The number of fused-ring (bicyclic) bond motifs is 1. The first-order chi connectivity index (χ1) is 15.9. The summed E-state index contributed by atoms with van der Waals surface area (Å²) in [6.07, 6.45) is 1.02. The van der Waals surface area contributed by atoms with Crippen molar-refractivity contribution in [2.45, 2.75) is 38.3 Å². The standard InChI is InChI=1S/C24H28N4O5/c1-2-18(24(32)33)27-22(30)23(31)28-15-17(14-25-19-10-6-7-11-20(19)28)26-21(29)13-12-16-8-4-3-5-9-16/h3-11,17-18,25H,2,12-15H2,1H3,(H,26,29)(H,27,30)(H,32,33)/t17-,18-/m0/s1. The van der Waals surface area contributed by atoms with Crippen molar-refractivity contribution in [2.24, 2.45) is 0 Å². The third kappa shape index (κ3) is 6.31. The van der Waals surface area contributed by atoms with Gasteiger partial charge in [0.25, 0.3) is 0 Å². The van der Waals surface area contributed by atoms with E-state index in [1.54, 1.807) is 31.2 Å². The van der Waals surface area contributed by atoms with Crippen LogP contribution in [0.15, 0.2) is 54.6 Å². The van der Waals surface area contributed by atoms with Crippen molar-refractivity contribution in [2.75, 3.05) is 23.3 Å². The molecule has 4 N–H and O–H groups in total. The van der Waals surface area contributed by atoms with Crippen LogP contribution < -0.4 is 20.9 Å². The van der Waals surface area contributed by atoms with Crippen molar-refractivity contribution >= 4 is 35.1 Å². The molecule has 2 aromatic rings. The molecule has 174 valence electrons. The number of nitrogens with zero attached hydrogens (tertiary/aromatic N) is 1. The number of anilines is 2. The first kappa shape index (κ1) is 23.8. The lowest BCUT2D eigenvalue weighted by Gasteiger charge is -2.25. The second kappa shape index (κ2) is 11.1. The molecule has 0 saturated heterocycles. The number of para-hydroxylation sites is 2. The lowest BCUT2D eigenvalue weighted by atomic mass is 10.1. The number of hydrogen-bond donors (Lipinski definition) is 4. The maximum absolute atomic E-state index is 13.0. The highest BCUT2D eigenvalue weighted by molar-refractivity contribution is 6.41. The monoisotopic (exact) mass is 452 g/mol. The zero-order valence-electron chi connectivity index (χ0n) is 18.4. The van der Waals surface area contributed by atoms with Gasteiger partial charge in [0.2, 0.25) is 5.91 Å². The van der Waals surface area contributed by atoms with E-state index in [1.807, 2.05) is 30.3 Å². The fourth-order valence-corrected chi connectivity index (χ4v) is 3.65. The van der Waals surface area contributed by atoms with Crippen LogP contribution in [0.2, 0.25) is 0 Å². The molecule has 9 heteroatoms. The summed E-state index contributed by atoms with van der Waals surface area (Å²) in [7, 11) is 0. The normalized spacial score (nSPS) is 15.9. The summed E-state index contributed by atoms with van der Waals surface area (Å²) in [6, 6.07) is 15.1. The zero-order valence-corrected chi connectivity index (χ0v) is 18.4. The Morgan fingerprint density at radius 3 is 2.48 bits per heavy atom. The molecular weight excluding hydrogens is 424 g/mol. The number of carboxylic acids is 1. The number of rotatable bonds is 7. The van der Waals surface area contributed by atoms with E-state index in [0.29, 0.717) is 30.8 Å². The molecule has 1 aliphatic rings. The van der Waals surface area contributed by atoms with Gasteiger partial charge in [-0.1, -0.05) is 49.4 Å². The summed E-state index contributed by atoms with van der Waals surface area (Å²) in [6.45, 7) is 2.04. The average Bonchev–Trinajstić information content (AvgIpc) is 3.00. The van der Waals surface area contributed by atoms with E-state index < -0.39 is 29.9 Å². The van der Waals surface area contributed by atoms with Gasteiger partial charge in [-0.3, -0.25) is 19.3 Å². The van der Waals surface area contributed by atoms with Crippen molar-refractivity contribution in [3.05, 3.63) is 60.2 Å². The number of amides is 3. The minimum Gasteiger partial charge on any atom is -0.480 e. The Kier molecular flexibility index (Phi) is 8.01. The Hall–Kier alpha value is -3.88. The minimum absolute atomic E-state index is 0.0667. The van der Waals surface area contributed by atoms with Crippen LogP contribution in [0.1, 0.15) is 25.3 Å². The summed E-state index contributed by atoms with van der Waals surface area (Å²) in [5.41, 5.74) is 2.18.